The molecule has 0 saturated carbocycles. The number of amides is 1. The third-order valence-electron chi connectivity index (χ3n) is 4.15. The Morgan fingerprint density at radius 2 is 1.84 bits per heavy atom. The van der Waals surface area contributed by atoms with Crippen LogP contribution in [0.3, 0.4) is 0 Å². The molecule has 5 heteroatoms. The van der Waals surface area contributed by atoms with Crippen molar-refractivity contribution >= 4 is 17.3 Å². The Balaban J connectivity index is 1.51. The van der Waals surface area contributed by atoms with E-state index in [0.29, 0.717) is 12.1 Å². The molecule has 0 aliphatic rings. The van der Waals surface area contributed by atoms with Gasteiger partial charge >= 0.3 is 0 Å². The molecule has 0 radical (unpaired) electrons. The van der Waals surface area contributed by atoms with Gasteiger partial charge in [-0.15, -0.1) is 0 Å². The maximum absolute atomic E-state index is 12.1. The molecule has 0 fully saturated rings. The van der Waals surface area contributed by atoms with Gasteiger partial charge in [-0.3, -0.25) is 9.59 Å². The zero-order valence-corrected chi connectivity index (χ0v) is 14.5. The van der Waals surface area contributed by atoms with Crippen LogP contribution in [0.15, 0.2) is 48.8 Å². The molecule has 1 amide bonds. The summed E-state index contributed by atoms with van der Waals surface area (Å²) in [5, 5.41) is 2.83. The Morgan fingerprint density at radius 1 is 1.08 bits per heavy atom. The number of pyridine rings is 1. The third-order valence-corrected chi connectivity index (χ3v) is 4.15. The predicted octanol–water partition coefficient (Wildman–Crippen LogP) is 3.23. The van der Waals surface area contributed by atoms with Gasteiger partial charge in [0, 0.05) is 30.8 Å². The monoisotopic (exact) mass is 335 g/mol. The number of hydrogen-bond acceptors (Lipinski definition) is 3. The number of aryl methyl sites for hydroxylation is 2. The Bertz CT molecular complexity index is 910. The lowest BCUT2D eigenvalue weighted by atomic mass is 10.1. The number of rotatable bonds is 6. The summed E-state index contributed by atoms with van der Waals surface area (Å²) in [4.78, 5) is 28.6. The van der Waals surface area contributed by atoms with Crippen LogP contribution in [-0.2, 0) is 11.3 Å². The van der Waals surface area contributed by atoms with Crippen LogP contribution in [-0.4, -0.2) is 21.1 Å². The van der Waals surface area contributed by atoms with Crippen molar-refractivity contribution in [2.45, 2.75) is 33.2 Å². The van der Waals surface area contributed by atoms with Gasteiger partial charge in [-0.25, -0.2) is 4.98 Å². The van der Waals surface area contributed by atoms with E-state index in [1.807, 2.05) is 54.9 Å². The molecule has 1 N–H and O–H groups in total. The number of ketones is 1. The summed E-state index contributed by atoms with van der Waals surface area (Å²) in [5.41, 5.74) is 4.53. The first-order chi connectivity index (χ1) is 12.0. The minimum atomic E-state index is -0.144. The molecule has 3 aromatic rings. The van der Waals surface area contributed by atoms with E-state index in [4.69, 9.17) is 0 Å². The molecule has 0 unspecified atom stereocenters. The van der Waals surface area contributed by atoms with Gasteiger partial charge in [-0.05, 0) is 25.5 Å². The number of carbonyl (C=O) groups excluding carboxylic acids is 2. The maximum Gasteiger partial charge on any atom is 0.220 e. The summed E-state index contributed by atoms with van der Waals surface area (Å²) in [7, 11) is 0. The summed E-state index contributed by atoms with van der Waals surface area (Å²) in [6, 6.07) is 11.4. The zero-order chi connectivity index (χ0) is 17.8. The van der Waals surface area contributed by atoms with Crippen LogP contribution in [0.5, 0.6) is 0 Å². The Kier molecular flexibility index (Phi) is 4.93. The fourth-order valence-corrected chi connectivity index (χ4v) is 2.68. The normalized spacial score (nSPS) is 10.8. The van der Waals surface area contributed by atoms with Gasteiger partial charge in [0.25, 0.3) is 0 Å². The van der Waals surface area contributed by atoms with Crippen LogP contribution >= 0.6 is 0 Å². The van der Waals surface area contributed by atoms with Crippen LogP contribution < -0.4 is 5.32 Å². The first-order valence-corrected chi connectivity index (χ1v) is 8.33. The topological polar surface area (TPSA) is 63.5 Å². The van der Waals surface area contributed by atoms with Crippen molar-refractivity contribution in [1.82, 2.24) is 14.7 Å². The third kappa shape index (κ3) is 4.12. The number of nitrogens with zero attached hydrogens (tertiary/aromatic N) is 2. The molecule has 3 rings (SSSR count). The predicted molar refractivity (Wildman–Crippen MR) is 96.5 cm³/mol. The average Bonchev–Trinajstić information content (AvgIpc) is 3.03. The van der Waals surface area contributed by atoms with Crippen molar-refractivity contribution < 1.29 is 9.59 Å². The van der Waals surface area contributed by atoms with Crippen molar-refractivity contribution in [3.63, 3.8) is 0 Å². The van der Waals surface area contributed by atoms with Crippen LogP contribution in [0, 0.1) is 13.8 Å². The number of aromatic nitrogens is 2. The van der Waals surface area contributed by atoms with Gasteiger partial charge in [0.15, 0.2) is 5.78 Å². The summed E-state index contributed by atoms with van der Waals surface area (Å²) >= 11 is 0. The van der Waals surface area contributed by atoms with Gasteiger partial charge < -0.3 is 9.72 Å². The molecule has 5 nitrogen and oxygen atoms in total. The van der Waals surface area contributed by atoms with Gasteiger partial charge in [-0.1, -0.05) is 35.9 Å². The molecule has 0 saturated heterocycles. The Morgan fingerprint density at radius 3 is 2.56 bits per heavy atom. The highest BCUT2D eigenvalue weighted by Crippen LogP contribution is 2.10. The fraction of sp³-hybridized carbons (Fsp3) is 0.250. The number of nitrogens with one attached hydrogen (secondary N) is 1. The highest BCUT2D eigenvalue weighted by Gasteiger charge is 2.10. The Hall–Kier alpha value is -2.95. The van der Waals surface area contributed by atoms with Gasteiger partial charge in [-0.2, -0.15) is 0 Å². The SMILES string of the molecule is Cc1ccc(C(=O)CCC(=O)NCc2cn3cccc(C)c3n2)cc1. The standard InChI is InChI=1S/C20H21N3O2/c1-14-5-7-16(8-6-14)18(24)9-10-19(25)21-12-17-13-23-11-3-4-15(2)20(23)22-17/h3-8,11,13H,9-10,12H2,1-2H3,(H,21,25). The van der Waals surface area contributed by atoms with E-state index in [-0.39, 0.29) is 24.5 Å². The first-order valence-electron chi connectivity index (χ1n) is 8.33. The lowest BCUT2D eigenvalue weighted by Gasteiger charge is -2.04. The lowest BCUT2D eigenvalue weighted by molar-refractivity contribution is -0.121. The van der Waals surface area contributed by atoms with E-state index in [1.165, 1.54) is 0 Å². The summed E-state index contributed by atoms with van der Waals surface area (Å²) in [5.74, 6) is -0.159. The summed E-state index contributed by atoms with van der Waals surface area (Å²) in [6.45, 7) is 4.34. The minimum Gasteiger partial charge on any atom is -0.350 e. The largest absolute Gasteiger partial charge is 0.350 e. The number of fused-ring (bicyclic) bond motifs is 1. The van der Waals surface area contributed by atoms with E-state index in [0.717, 1.165) is 22.5 Å². The summed E-state index contributed by atoms with van der Waals surface area (Å²) < 4.78 is 1.94. The molecule has 2 heterocycles. The molecule has 1 aromatic carbocycles. The smallest absolute Gasteiger partial charge is 0.220 e. The number of imidazole rings is 1. The molecular weight excluding hydrogens is 314 g/mol. The second-order valence-corrected chi connectivity index (χ2v) is 6.22. The van der Waals surface area contributed by atoms with Crippen LogP contribution in [0.2, 0.25) is 0 Å². The molecular formula is C20H21N3O2. The van der Waals surface area contributed by atoms with Gasteiger partial charge in [0.2, 0.25) is 5.91 Å². The number of carbonyl (C=O) groups is 2. The molecule has 0 spiro atoms. The highest BCUT2D eigenvalue weighted by molar-refractivity contribution is 5.97. The number of Topliss-reactive ketones (excluding diaryl/α,β-unsaturated/α-hetero) is 1. The number of hydrogen-bond donors (Lipinski definition) is 1. The number of benzene rings is 1. The van der Waals surface area contributed by atoms with Crippen molar-refractivity contribution in [2.24, 2.45) is 0 Å². The molecule has 2 aromatic heterocycles. The second-order valence-electron chi connectivity index (χ2n) is 6.22. The molecule has 0 bridgehead atoms. The van der Waals surface area contributed by atoms with E-state index in [2.05, 4.69) is 10.3 Å². The second kappa shape index (κ2) is 7.30. The molecule has 0 atom stereocenters. The molecule has 0 aliphatic heterocycles. The van der Waals surface area contributed by atoms with Crippen molar-refractivity contribution in [3.8, 4) is 0 Å². The van der Waals surface area contributed by atoms with Crippen LogP contribution in [0.25, 0.3) is 5.65 Å². The minimum absolute atomic E-state index is 0.0153. The first kappa shape index (κ1) is 16.9. The molecule has 128 valence electrons. The summed E-state index contributed by atoms with van der Waals surface area (Å²) in [6.07, 6.45) is 4.22. The van der Waals surface area contributed by atoms with Gasteiger partial charge in [0.05, 0.1) is 12.2 Å². The van der Waals surface area contributed by atoms with Gasteiger partial charge in [0.1, 0.15) is 5.65 Å². The van der Waals surface area contributed by atoms with E-state index < -0.39 is 0 Å². The maximum atomic E-state index is 12.1. The average molecular weight is 335 g/mol. The lowest BCUT2D eigenvalue weighted by Crippen LogP contribution is -2.23. The van der Waals surface area contributed by atoms with E-state index in [9.17, 15) is 9.59 Å². The van der Waals surface area contributed by atoms with E-state index in [1.54, 1.807) is 12.1 Å². The molecule has 0 aliphatic carbocycles. The van der Waals surface area contributed by atoms with E-state index >= 15 is 0 Å². The fourth-order valence-electron chi connectivity index (χ4n) is 2.68. The van der Waals surface area contributed by atoms with Crippen LogP contribution in [0.1, 0.15) is 40.0 Å². The van der Waals surface area contributed by atoms with Crippen molar-refractivity contribution in [3.05, 3.63) is 71.2 Å². The van der Waals surface area contributed by atoms with Crippen LogP contribution in [0.4, 0.5) is 0 Å². The van der Waals surface area contributed by atoms with Crippen molar-refractivity contribution in [2.75, 3.05) is 0 Å². The Labute approximate surface area is 146 Å². The zero-order valence-electron chi connectivity index (χ0n) is 14.5. The highest BCUT2D eigenvalue weighted by atomic mass is 16.2. The molecule has 25 heavy (non-hydrogen) atoms. The quantitative estimate of drug-likeness (QED) is 0.704. The van der Waals surface area contributed by atoms with Crippen molar-refractivity contribution in [1.29, 1.82) is 0 Å².